The molecule has 1 amide bonds. The van der Waals surface area contributed by atoms with Gasteiger partial charge in [-0.2, -0.15) is 0 Å². The Morgan fingerprint density at radius 3 is 2.39 bits per heavy atom. The van der Waals surface area contributed by atoms with Gasteiger partial charge in [0.05, 0.1) is 6.61 Å². The standard InChI is InChI=1S/C15H19NO7/c1-5-21-14(20)22-11-8-9(6-7-10(11)12(17)18)16-13(19)23-15(2,3)4/h6-8H,5H2,1-4H3,(H,16,19)(H,17,18). The molecule has 8 nitrogen and oxygen atoms in total. The van der Waals surface area contributed by atoms with Gasteiger partial charge in [0, 0.05) is 11.8 Å². The van der Waals surface area contributed by atoms with Crippen LogP contribution < -0.4 is 10.1 Å². The van der Waals surface area contributed by atoms with E-state index in [1.54, 1.807) is 27.7 Å². The van der Waals surface area contributed by atoms with Crippen molar-refractivity contribution in [3.8, 4) is 5.75 Å². The summed E-state index contributed by atoms with van der Waals surface area (Å²) in [4.78, 5) is 34.2. The number of amides is 1. The fourth-order valence-corrected chi connectivity index (χ4v) is 1.52. The molecule has 0 saturated heterocycles. The summed E-state index contributed by atoms with van der Waals surface area (Å²) >= 11 is 0. The summed E-state index contributed by atoms with van der Waals surface area (Å²) < 4.78 is 14.5. The summed E-state index contributed by atoms with van der Waals surface area (Å²) in [6.45, 7) is 6.77. The zero-order valence-electron chi connectivity index (χ0n) is 13.3. The minimum atomic E-state index is -1.28. The minimum absolute atomic E-state index is 0.0804. The normalized spacial score (nSPS) is 10.6. The first kappa shape index (κ1) is 18.3. The lowest BCUT2D eigenvalue weighted by Gasteiger charge is -2.19. The van der Waals surface area contributed by atoms with Gasteiger partial charge in [0.15, 0.2) is 5.75 Å². The number of anilines is 1. The van der Waals surface area contributed by atoms with Crippen LogP contribution in [0.4, 0.5) is 15.3 Å². The Hall–Kier alpha value is -2.77. The molecule has 0 spiro atoms. The van der Waals surface area contributed by atoms with Crippen molar-refractivity contribution in [1.82, 2.24) is 0 Å². The van der Waals surface area contributed by atoms with Gasteiger partial charge in [-0.3, -0.25) is 5.32 Å². The number of hydrogen-bond acceptors (Lipinski definition) is 6. The predicted molar refractivity (Wildman–Crippen MR) is 80.9 cm³/mol. The lowest BCUT2D eigenvalue weighted by molar-refractivity contribution is 0.0634. The maximum absolute atomic E-state index is 11.7. The molecule has 0 aliphatic rings. The minimum Gasteiger partial charge on any atom is -0.478 e. The number of aromatic carboxylic acids is 1. The van der Waals surface area contributed by atoms with Gasteiger partial charge in [-0.25, -0.2) is 14.4 Å². The smallest absolute Gasteiger partial charge is 0.478 e. The molecule has 2 N–H and O–H groups in total. The van der Waals surface area contributed by atoms with Crippen LogP contribution in [0.1, 0.15) is 38.1 Å². The van der Waals surface area contributed by atoms with E-state index in [-0.39, 0.29) is 23.6 Å². The van der Waals surface area contributed by atoms with E-state index >= 15 is 0 Å². The van der Waals surface area contributed by atoms with Crippen LogP contribution >= 0.6 is 0 Å². The van der Waals surface area contributed by atoms with Gasteiger partial charge in [-0.05, 0) is 39.8 Å². The molecule has 0 heterocycles. The summed E-state index contributed by atoms with van der Waals surface area (Å²) in [7, 11) is 0. The molecule has 0 aliphatic carbocycles. The lowest BCUT2D eigenvalue weighted by atomic mass is 10.2. The van der Waals surface area contributed by atoms with E-state index in [1.165, 1.54) is 18.2 Å². The second kappa shape index (κ2) is 7.48. The van der Waals surface area contributed by atoms with Crippen LogP contribution in [0, 0.1) is 0 Å². The number of carboxylic acids is 1. The molecule has 0 radical (unpaired) electrons. The van der Waals surface area contributed by atoms with Gasteiger partial charge in [-0.15, -0.1) is 0 Å². The maximum atomic E-state index is 11.7. The number of rotatable bonds is 4. The van der Waals surface area contributed by atoms with Crippen molar-refractivity contribution in [2.75, 3.05) is 11.9 Å². The average molecular weight is 325 g/mol. The first-order chi connectivity index (χ1) is 10.6. The summed E-state index contributed by atoms with van der Waals surface area (Å²) in [5.74, 6) is -1.53. The summed E-state index contributed by atoms with van der Waals surface area (Å²) in [5.41, 5.74) is -0.716. The van der Waals surface area contributed by atoms with Crippen LogP contribution in [-0.2, 0) is 9.47 Å². The van der Waals surface area contributed by atoms with E-state index in [4.69, 9.17) is 14.6 Å². The number of benzene rings is 1. The number of ether oxygens (including phenoxy) is 3. The molecular weight excluding hydrogens is 306 g/mol. The molecule has 0 atom stereocenters. The zero-order chi connectivity index (χ0) is 17.6. The summed E-state index contributed by atoms with van der Waals surface area (Å²) in [6, 6.07) is 3.75. The van der Waals surface area contributed by atoms with Crippen molar-refractivity contribution >= 4 is 23.9 Å². The van der Waals surface area contributed by atoms with Gasteiger partial charge < -0.3 is 19.3 Å². The highest BCUT2D eigenvalue weighted by atomic mass is 16.7. The average Bonchev–Trinajstić information content (AvgIpc) is 2.36. The van der Waals surface area contributed by atoms with Gasteiger partial charge in [-0.1, -0.05) is 0 Å². The molecule has 0 saturated carbocycles. The molecule has 1 rings (SSSR count). The van der Waals surface area contributed by atoms with Crippen molar-refractivity contribution in [1.29, 1.82) is 0 Å². The van der Waals surface area contributed by atoms with Crippen LogP contribution in [0.3, 0.4) is 0 Å². The van der Waals surface area contributed by atoms with Crippen LogP contribution in [0.25, 0.3) is 0 Å². The van der Waals surface area contributed by atoms with Crippen molar-refractivity contribution in [3.05, 3.63) is 23.8 Å². The Kier molecular flexibility index (Phi) is 5.94. The van der Waals surface area contributed by atoms with Gasteiger partial charge in [0.1, 0.15) is 11.2 Å². The van der Waals surface area contributed by atoms with Crippen LogP contribution in [0.5, 0.6) is 5.75 Å². The van der Waals surface area contributed by atoms with E-state index in [2.05, 4.69) is 10.1 Å². The van der Waals surface area contributed by atoms with E-state index in [9.17, 15) is 14.4 Å². The Morgan fingerprint density at radius 1 is 1.22 bits per heavy atom. The Labute approximate surface area is 133 Å². The highest BCUT2D eigenvalue weighted by Crippen LogP contribution is 2.24. The van der Waals surface area contributed by atoms with Crippen LogP contribution in [0.2, 0.25) is 0 Å². The van der Waals surface area contributed by atoms with Crippen molar-refractivity contribution < 1.29 is 33.7 Å². The zero-order valence-corrected chi connectivity index (χ0v) is 13.3. The van der Waals surface area contributed by atoms with E-state index in [0.29, 0.717) is 0 Å². The molecule has 0 aromatic heterocycles. The number of hydrogen-bond donors (Lipinski definition) is 2. The molecule has 8 heteroatoms. The van der Waals surface area contributed by atoms with Gasteiger partial charge in [0.2, 0.25) is 0 Å². The van der Waals surface area contributed by atoms with Crippen molar-refractivity contribution in [3.63, 3.8) is 0 Å². The van der Waals surface area contributed by atoms with Gasteiger partial charge in [0.25, 0.3) is 0 Å². The largest absolute Gasteiger partial charge is 0.513 e. The van der Waals surface area contributed by atoms with Gasteiger partial charge >= 0.3 is 18.2 Å². The van der Waals surface area contributed by atoms with E-state index in [1.807, 2.05) is 0 Å². The third-order valence-corrected chi connectivity index (χ3v) is 2.31. The first-order valence-electron chi connectivity index (χ1n) is 6.84. The monoisotopic (exact) mass is 325 g/mol. The molecule has 1 aromatic rings. The second-order valence-corrected chi connectivity index (χ2v) is 5.43. The molecule has 23 heavy (non-hydrogen) atoms. The first-order valence-corrected chi connectivity index (χ1v) is 6.84. The molecular formula is C15H19NO7. The highest BCUT2D eigenvalue weighted by Gasteiger charge is 2.19. The summed E-state index contributed by atoms with van der Waals surface area (Å²) in [5, 5.41) is 11.5. The number of carbonyl (C=O) groups excluding carboxylic acids is 2. The fraction of sp³-hybridized carbons (Fsp3) is 0.400. The third kappa shape index (κ3) is 6.25. The molecule has 0 aliphatic heterocycles. The molecule has 0 unspecified atom stereocenters. The predicted octanol–water partition coefficient (Wildman–Crippen LogP) is 3.27. The number of carbonyl (C=O) groups is 3. The maximum Gasteiger partial charge on any atom is 0.513 e. The Bertz CT molecular complexity index is 604. The van der Waals surface area contributed by atoms with E-state index in [0.717, 1.165) is 0 Å². The SMILES string of the molecule is CCOC(=O)Oc1cc(NC(=O)OC(C)(C)C)ccc1C(=O)O. The highest BCUT2D eigenvalue weighted by molar-refractivity contribution is 5.93. The molecule has 0 bridgehead atoms. The van der Waals surface area contributed by atoms with E-state index < -0.39 is 23.8 Å². The topological polar surface area (TPSA) is 111 Å². The number of nitrogens with one attached hydrogen (secondary N) is 1. The second-order valence-electron chi connectivity index (χ2n) is 5.43. The molecule has 1 aromatic carbocycles. The quantitative estimate of drug-likeness (QED) is 0.645. The molecule has 0 fully saturated rings. The van der Waals surface area contributed by atoms with Crippen LogP contribution in [0.15, 0.2) is 18.2 Å². The fourth-order valence-electron chi connectivity index (χ4n) is 1.52. The lowest BCUT2D eigenvalue weighted by Crippen LogP contribution is -2.27. The number of carboxylic acid groups (broad SMARTS) is 1. The Balaban J connectivity index is 2.97. The third-order valence-electron chi connectivity index (χ3n) is 2.31. The Morgan fingerprint density at radius 2 is 1.87 bits per heavy atom. The van der Waals surface area contributed by atoms with Crippen LogP contribution in [-0.4, -0.2) is 35.5 Å². The summed E-state index contributed by atoms with van der Waals surface area (Å²) in [6.07, 6.45) is -1.76. The van der Waals surface area contributed by atoms with Crippen molar-refractivity contribution in [2.24, 2.45) is 0 Å². The van der Waals surface area contributed by atoms with Crippen molar-refractivity contribution in [2.45, 2.75) is 33.3 Å². The molecule has 126 valence electrons.